The van der Waals surface area contributed by atoms with Crippen LogP contribution in [-0.2, 0) is 67.1 Å². The molecule has 18 N–H and O–H groups in total. The zero-order valence-corrected chi connectivity index (χ0v) is 41.4. The quantitative estimate of drug-likeness (QED) is 0.0307. The number of primary amides is 1. The number of hydrogen-bond acceptors (Lipinski definition) is 18. The number of nitrogens with one attached hydrogen (secondary N) is 8. The lowest BCUT2D eigenvalue weighted by Gasteiger charge is -2.29. The SMILES string of the molecule is C[C@H](NC(=O)[C@@H]1CCCN1C(=O)[C@H](CO)NC(=O)[C@H](C)NC(=O)[C@H](CCC(=O)O)NC(=O)[C@H](CCC(=O)O)NC(=O)[C@H](CCC(N)=O)NC(=O)[C@H](C)NC(=O)[C@H](CO)NC(=O)[C@@H]1CCCN1C(=O)[C@@H](N)CO)C(=O)O. The Morgan fingerprint density at radius 3 is 1.24 bits per heavy atom. The first kappa shape index (κ1) is 63.5. The predicted molar refractivity (Wildman–Crippen MR) is 251 cm³/mol. The third-order valence-electron chi connectivity index (χ3n) is 11.9. The van der Waals surface area contributed by atoms with Gasteiger partial charge in [-0.05, 0) is 65.7 Å². The summed E-state index contributed by atoms with van der Waals surface area (Å²) in [5.41, 5.74) is 10.9. The first-order chi connectivity index (χ1) is 35.2. The van der Waals surface area contributed by atoms with Gasteiger partial charge in [-0.3, -0.25) is 67.1 Å². The molecule has 32 heteroatoms. The highest BCUT2D eigenvalue weighted by Crippen LogP contribution is 2.20. The number of carboxylic acids is 3. The van der Waals surface area contributed by atoms with Crippen LogP contribution in [0.2, 0.25) is 0 Å². The molecule has 11 amide bonds. The summed E-state index contributed by atoms with van der Waals surface area (Å²) >= 11 is 0. The lowest BCUT2D eigenvalue weighted by molar-refractivity contribution is -0.145. The fourth-order valence-electron chi connectivity index (χ4n) is 7.64. The van der Waals surface area contributed by atoms with Crippen molar-refractivity contribution in [2.75, 3.05) is 32.9 Å². The maximum atomic E-state index is 13.8. The molecule has 2 aliphatic heterocycles. The van der Waals surface area contributed by atoms with Gasteiger partial charge in [0.1, 0.15) is 66.5 Å². The number of hydrogen-bond donors (Lipinski definition) is 16. The van der Waals surface area contributed by atoms with Crippen LogP contribution in [0.15, 0.2) is 0 Å². The molecule has 0 aliphatic carbocycles. The Labute approximate surface area is 428 Å². The molecular weight excluding hydrogens is 1000 g/mol. The van der Waals surface area contributed by atoms with Gasteiger partial charge in [0, 0.05) is 32.4 Å². The molecular formula is C43H68N12O20. The van der Waals surface area contributed by atoms with E-state index in [1.54, 1.807) is 0 Å². The standard InChI is InChI=1S/C43H68N12O20/c1-19(47-38(69)26(17-57)52-40(71)29-7-4-14-54(29)41(72)22(44)16-56)33(64)49-23(8-11-30(45)59)36(67)51-25(10-13-32(62)63)37(68)50-24(9-12-31(60)61)35(66)46-20(2)34(65)53-27(18-58)42(73)55-15-5-6-28(55)39(70)48-21(3)43(74)75/h19-29,56-58H,4-18,44H2,1-3H3,(H2,45,59)(H,46,66)(H,47,69)(H,48,70)(H,49,64)(H,50,68)(H,51,67)(H,52,71)(H,53,65)(H,60,61)(H,62,63)(H,74,75)/t19-,20-,21-,22-,23-,24-,25-,26-,27-,28-,29-/m0/s1. The lowest BCUT2D eigenvalue weighted by Crippen LogP contribution is -2.60. The normalized spacial score (nSPS) is 18.7. The maximum absolute atomic E-state index is 13.8. The van der Waals surface area contributed by atoms with Crippen molar-refractivity contribution in [3.8, 4) is 0 Å². The Hall–Kier alpha value is -7.58. The molecule has 2 saturated heterocycles. The first-order valence-corrected chi connectivity index (χ1v) is 23.7. The molecule has 0 aromatic heterocycles. The second-order valence-corrected chi connectivity index (χ2v) is 17.7. The smallest absolute Gasteiger partial charge is 0.325 e. The number of likely N-dealkylation sites (tertiary alicyclic amines) is 2. The average Bonchev–Trinajstić information content (AvgIpc) is 4.06. The lowest BCUT2D eigenvalue weighted by atomic mass is 10.0. The third kappa shape index (κ3) is 20.0. The third-order valence-corrected chi connectivity index (χ3v) is 11.9. The zero-order chi connectivity index (χ0) is 56.9. The van der Waals surface area contributed by atoms with Crippen LogP contribution < -0.4 is 54.0 Å². The van der Waals surface area contributed by atoms with Crippen molar-refractivity contribution in [2.45, 2.75) is 151 Å². The molecule has 75 heavy (non-hydrogen) atoms. The molecule has 420 valence electrons. The minimum atomic E-state index is -1.86. The fraction of sp³-hybridized carbons (Fsp3) is 0.674. The second kappa shape index (κ2) is 30.6. The minimum absolute atomic E-state index is 0.00518. The molecule has 32 nitrogen and oxygen atoms in total. The molecule has 0 spiro atoms. The van der Waals surface area contributed by atoms with E-state index >= 15 is 0 Å². The largest absolute Gasteiger partial charge is 0.481 e. The molecule has 0 saturated carbocycles. The first-order valence-electron chi connectivity index (χ1n) is 23.7. The van der Waals surface area contributed by atoms with Gasteiger partial charge >= 0.3 is 17.9 Å². The van der Waals surface area contributed by atoms with Gasteiger partial charge in [-0.2, -0.15) is 0 Å². The summed E-state index contributed by atoms with van der Waals surface area (Å²) in [5.74, 6) is -15.5. The van der Waals surface area contributed by atoms with E-state index in [1.165, 1.54) is 6.92 Å². The van der Waals surface area contributed by atoms with Gasteiger partial charge in [-0.1, -0.05) is 0 Å². The number of carbonyl (C=O) groups excluding carboxylic acids is 11. The van der Waals surface area contributed by atoms with Crippen molar-refractivity contribution in [3.63, 3.8) is 0 Å². The average molecular weight is 1070 g/mol. The zero-order valence-electron chi connectivity index (χ0n) is 41.4. The number of carboxylic acid groups (broad SMARTS) is 3. The van der Waals surface area contributed by atoms with Crippen LogP contribution in [0.3, 0.4) is 0 Å². The van der Waals surface area contributed by atoms with Crippen molar-refractivity contribution < 1.29 is 97.8 Å². The molecule has 0 aromatic carbocycles. The van der Waals surface area contributed by atoms with Gasteiger partial charge in [-0.15, -0.1) is 0 Å². The van der Waals surface area contributed by atoms with E-state index in [1.807, 2.05) is 0 Å². The molecule has 0 bridgehead atoms. The molecule has 0 radical (unpaired) electrons. The molecule has 0 unspecified atom stereocenters. The van der Waals surface area contributed by atoms with Crippen LogP contribution in [0, 0.1) is 0 Å². The molecule has 2 aliphatic rings. The van der Waals surface area contributed by atoms with Gasteiger partial charge < -0.3 is 94.4 Å². The van der Waals surface area contributed by atoms with Crippen LogP contribution >= 0.6 is 0 Å². The molecule has 2 rings (SSSR count). The Morgan fingerprint density at radius 1 is 0.467 bits per heavy atom. The number of aliphatic carboxylic acids is 3. The van der Waals surface area contributed by atoms with E-state index < -0.39 is 208 Å². The van der Waals surface area contributed by atoms with Crippen LogP contribution in [0.1, 0.15) is 85.0 Å². The number of aliphatic hydroxyl groups is 3. The number of carbonyl (C=O) groups is 14. The minimum Gasteiger partial charge on any atom is -0.481 e. The topological polar surface area (TPSA) is 515 Å². The van der Waals surface area contributed by atoms with E-state index in [-0.39, 0.29) is 25.9 Å². The predicted octanol–water partition coefficient (Wildman–Crippen LogP) is -8.71. The summed E-state index contributed by atoms with van der Waals surface area (Å²) in [6.07, 6.45) is -3.03. The second-order valence-electron chi connectivity index (χ2n) is 17.7. The van der Waals surface area contributed by atoms with Crippen LogP contribution in [-0.4, -0.2) is 223 Å². The summed E-state index contributed by atoms with van der Waals surface area (Å²) < 4.78 is 0. The van der Waals surface area contributed by atoms with Crippen LogP contribution in [0.4, 0.5) is 0 Å². The van der Waals surface area contributed by atoms with E-state index in [0.29, 0.717) is 12.8 Å². The van der Waals surface area contributed by atoms with Crippen LogP contribution in [0.5, 0.6) is 0 Å². The number of amides is 11. The monoisotopic (exact) mass is 1070 g/mol. The van der Waals surface area contributed by atoms with Crippen molar-refractivity contribution >= 4 is 82.9 Å². The highest BCUT2D eigenvalue weighted by Gasteiger charge is 2.41. The summed E-state index contributed by atoms with van der Waals surface area (Å²) in [5, 5.41) is 75.1. The summed E-state index contributed by atoms with van der Waals surface area (Å²) in [6, 6.07) is -16.8. The summed E-state index contributed by atoms with van der Waals surface area (Å²) in [6.45, 7) is 0.879. The van der Waals surface area contributed by atoms with E-state index in [4.69, 9.17) is 16.6 Å². The Kier molecular flexibility index (Phi) is 25.9. The summed E-state index contributed by atoms with van der Waals surface area (Å²) in [4.78, 5) is 181. The highest BCUT2D eigenvalue weighted by molar-refractivity contribution is 5.99. The van der Waals surface area contributed by atoms with E-state index in [2.05, 4.69) is 42.5 Å². The van der Waals surface area contributed by atoms with Gasteiger partial charge in [0.15, 0.2) is 0 Å². The van der Waals surface area contributed by atoms with Crippen molar-refractivity contribution in [1.29, 1.82) is 0 Å². The number of rotatable bonds is 31. The number of aliphatic hydroxyl groups excluding tert-OH is 3. The van der Waals surface area contributed by atoms with E-state index in [9.17, 15) is 92.7 Å². The maximum Gasteiger partial charge on any atom is 0.325 e. The molecule has 11 atom stereocenters. The number of nitrogens with two attached hydrogens (primary N) is 2. The van der Waals surface area contributed by atoms with Crippen molar-refractivity contribution in [2.24, 2.45) is 11.5 Å². The Bertz CT molecular complexity index is 2150. The fourth-order valence-corrected chi connectivity index (χ4v) is 7.64. The van der Waals surface area contributed by atoms with Gasteiger partial charge in [0.25, 0.3) is 0 Å². The van der Waals surface area contributed by atoms with Crippen molar-refractivity contribution in [3.05, 3.63) is 0 Å². The van der Waals surface area contributed by atoms with Crippen molar-refractivity contribution in [1.82, 2.24) is 52.3 Å². The molecule has 0 aromatic rings. The highest BCUT2D eigenvalue weighted by atomic mass is 16.4. The molecule has 2 fully saturated rings. The van der Waals surface area contributed by atoms with Gasteiger partial charge in [0.2, 0.25) is 65.0 Å². The Morgan fingerprint density at radius 2 is 0.840 bits per heavy atom. The summed E-state index contributed by atoms with van der Waals surface area (Å²) in [7, 11) is 0. The molecule has 2 heterocycles. The van der Waals surface area contributed by atoms with E-state index in [0.717, 1.165) is 23.6 Å². The Balaban J connectivity index is 2.23. The van der Waals surface area contributed by atoms with Gasteiger partial charge in [-0.25, -0.2) is 0 Å². The van der Waals surface area contributed by atoms with Crippen LogP contribution in [0.25, 0.3) is 0 Å². The van der Waals surface area contributed by atoms with Gasteiger partial charge in [0.05, 0.1) is 19.8 Å². The number of nitrogens with zero attached hydrogens (tertiary/aromatic N) is 2.